The predicted molar refractivity (Wildman–Crippen MR) is 76.2 cm³/mol. The number of aromatic nitrogens is 2. The van der Waals surface area contributed by atoms with Crippen LogP contribution in [-0.4, -0.2) is 41.0 Å². The van der Waals surface area contributed by atoms with Gasteiger partial charge in [0.2, 0.25) is 0 Å². The molecule has 2 aromatic rings. The van der Waals surface area contributed by atoms with Crippen LogP contribution in [0.4, 0.5) is 0 Å². The van der Waals surface area contributed by atoms with Crippen LogP contribution in [0.3, 0.4) is 0 Å². The highest BCUT2D eigenvalue weighted by Gasteiger charge is 2.13. The number of hydrogen-bond acceptors (Lipinski definition) is 6. The highest BCUT2D eigenvalue weighted by molar-refractivity contribution is 7.99. The maximum absolute atomic E-state index is 5.67. The monoisotopic (exact) mass is 283 g/mol. The molecule has 4 nitrogen and oxygen atoms in total. The normalized spacial score (nSPS) is 13.2. The number of thiophene rings is 1. The summed E-state index contributed by atoms with van der Waals surface area (Å²) in [4.78, 5) is 3.24. The molecule has 0 saturated heterocycles. The zero-order valence-electron chi connectivity index (χ0n) is 11.0. The first-order valence-electron chi connectivity index (χ1n) is 5.75. The quantitative estimate of drug-likeness (QED) is 0.789. The molecule has 0 N–H and O–H groups in total. The van der Waals surface area contributed by atoms with E-state index >= 15 is 0 Å². The standard InChI is InChI=1S/C12H17N3OS2/c1-8-5-6-17-10(8)11-13-14-12(16-11)18-7-9(2)15(3)4/h5-6,9H,7H2,1-4H3/t9-/m1/s1. The fraction of sp³-hybridized carbons (Fsp3) is 0.500. The summed E-state index contributed by atoms with van der Waals surface area (Å²) in [6.07, 6.45) is 0. The van der Waals surface area contributed by atoms with Crippen molar-refractivity contribution < 1.29 is 4.42 Å². The van der Waals surface area contributed by atoms with E-state index in [0.29, 0.717) is 17.2 Å². The Morgan fingerprint density at radius 2 is 2.22 bits per heavy atom. The third kappa shape index (κ3) is 3.13. The van der Waals surface area contributed by atoms with Crippen molar-refractivity contribution in [2.24, 2.45) is 0 Å². The molecule has 0 aliphatic heterocycles. The van der Waals surface area contributed by atoms with Gasteiger partial charge in [-0.2, -0.15) is 0 Å². The molecule has 0 amide bonds. The second-order valence-electron chi connectivity index (χ2n) is 4.43. The van der Waals surface area contributed by atoms with Gasteiger partial charge in [-0.15, -0.1) is 21.5 Å². The average Bonchev–Trinajstić information content (AvgIpc) is 2.94. The lowest BCUT2D eigenvalue weighted by Gasteiger charge is -2.17. The van der Waals surface area contributed by atoms with Crippen LogP contribution in [0.25, 0.3) is 10.8 Å². The van der Waals surface area contributed by atoms with Crippen molar-refractivity contribution in [1.82, 2.24) is 15.1 Å². The molecule has 1 atom stereocenters. The van der Waals surface area contributed by atoms with Gasteiger partial charge >= 0.3 is 0 Å². The Kier molecular flexibility index (Phi) is 4.42. The summed E-state index contributed by atoms with van der Waals surface area (Å²) in [5, 5.41) is 10.9. The van der Waals surface area contributed by atoms with Gasteiger partial charge in [-0.3, -0.25) is 0 Å². The highest BCUT2D eigenvalue weighted by Crippen LogP contribution is 2.30. The van der Waals surface area contributed by atoms with Crippen LogP contribution in [0.5, 0.6) is 0 Å². The first-order chi connectivity index (χ1) is 8.58. The van der Waals surface area contributed by atoms with Crippen molar-refractivity contribution in [3.63, 3.8) is 0 Å². The van der Waals surface area contributed by atoms with Gasteiger partial charge in [-0.1, -0.05) is 11.8 Å². The molecule has 98 valence electrons. The van der Waals surface area contributed by atoms with Crippen LogP contribution in [-0.2, 0) is 0 Å². The van der Waals surface area contributed by atoms with Gasteiger partial charge in [0.05, 0.1) is 4.88 Å². The first kappa shape index (κ1) is 13.6. The molecule has 0 fully saturated rings. The van der Waals surface area contributed by atoms with Gasteiger partial charge in [0.1, 0.15) is 0 Å². The molecule has 0 aromatic carbocycles. The predicted octanol–water partition coefficient (Wildman–Crippen LogP) is 3.15. The van der Waals surface area contributed by atoms with E-state index in [4.69, 9.17) is 4.42 Å². The minimum Gasteiger partial charge on any atom is -0.410 e. The third-order valence-corrected chi connectivity index (χ3v) is 4.86. The average molecular weight is 283 g/mol. The molecule has 0 saturated carbocycles. The van der Waals surface area contributed by atoms with E-state index in [9.17, 15) is 0 Å². The van der Waals surface area contributed by atoms with Gasteiger partial charge in [0.25, 0.3) is 11.1 Å². The Morgan fingerprint density at radius 3 is 2.83 bits per heavy atom. The summed E-state index contributed by atoms with van der Waals surface area (Å²) in [7, 11) is 4.14. The lowest BCUT2D eigenvalue weighted by molar-refractivity contribution is 0.339. The number of nitrogens with zero attached hydrogens (tertiary/aromatic N) is 3. The Labute approximate surface area is 115 Å². The lowest BCUT2D eigenvalue weighted by atomic mass is 10.3. The second kappa shape index (κ2) is 5.86. The third-order valence-electron chi connectivity index (χ3n) is 2.79. The first-order valence-corrected chi connectivity index (χ1v) is 7.61. The molecule has 0 spiro atoms. The van der Waals surface area contributed by atoms with Crippen LogP contribution >= 0.6 is 23.1 Å². The summed E-state index contributed by atoms with van der Waals surface area (Å²) in [6, 6.07) is 2.54. The fourth-order valence-corrected chi connectivity index (χ4v) is 3.06. The van der Waals surface area contributed by atoms with Crippen LogP contribution in [0.1, 0.15) is 12.5 Å². The summed E-state index contributed by atoms with van der Waals surface area (Å²) in [6.45, 7) is 4.23. The minimum absolute atomic E-state index is 0.480. The molecule has 2 aromatic heterocycles. The topological polar surface area (TPSA) is 42.2 Å². The van der Waals surface area contributed by atoms with Crippen molar-refractivity contribution in [3.8, 4) is 10.8 Å². The van der Waals surface area contributed by atoms with Crippen LogP contribution in [0.15, 0.2) is 21.1 Å². The molecule has 0 unspecified atom stereocenters. The summed E-state index contributed by atoms with van der Waals surface area (Å²) >= 11 is 3.24. The van der Waals surface area contributed by atoms with E-state index in [2.05, 4.69) is 49.1 Å². The number of aryl methyl sites for hydroxylation is 1. The van der Waals surface area contributed by atoms with Crippen molar-refractivity contribution >= 4 is 23.1 Å². The number of rotatable bonds is 5. The molecular formula is C12H17N3OS2. The minimum atomic E-state index is 0.480. The molecule has 2 heterocycles. The zero-order valence-corrected chi connectivity index (χ0v) is 12.6. The van der Waals surface area contributed by atoms with E-state index < -0.39 is 0 Å². The lowest BCUT2D eigenvalue weighted by Crippen LogP contribution is -2.26. The largest absolute Gasteiger partial charge is 0.410 e. The summed E-state index contributed by atoms with van der Waals surface area (Å²) in [5.41, 5.74) is 1.18. The van der Waals surface area contributed by atoms with E-state index in [-0.39, 0.29) is 0 Å². The SMILES string of the molecule is Cc1ccsc1-c1nnc(SC[C@@H](C)N(C)C)o1. The molecular weight excluding hydrogens is 266 g/mol. The Hall–Kier alpha value is -0.850. The highest BCUT2D eigenvalue weighted by atomic mass is 32.2. The van der Waals surface area contributed by atoms with Crippen molar-refractivity contribution in [1.29, 1.82) is 0 Å². The summed E-state index contributed by atoms with van der Waals surface area (Å²) in [5.74, 6) is 1.57. The van der Waals surface area contributed by atoms with E-state index in [1.165, 1.54) is 5.56 Å². The fourth-order valence-electron chi connectivity index (χ4n) is 1.29. The van der Waals surface area contributed by atoms with E-state index in [0.717, 1.165) is 10.6 Å². The molecule has 18 heavy (non-hydrogen) atoms. The molecule has 0 radical (unpaired) electrons. The van der Waals surface area contributed by atoms with Gasteiger partial charge in [-0.25, -0.2) is 0 Å². The maximum Gasteiger partial charge on any atom is 0.276 e. The van der Waals surface area contributed by atoms with Crippen molar-refractivity contribution in [2.45, 2.75) is 25.1 Å². The van der Waals surface area contributed by atoms with E-state index in [1.54, 1.807) is 23.1 Å². The Balaban J connectivity index is 2.01. The molecule has 6 heteroatoms. The zero-order chi connectivity index (χ0) is 13.1. The van der Waals surface area contributed by atoms with Crippen LogP contribution in [0, 0.1) is 6.92 Å². The Bertz CT molecular complexity index is 507. The molecule has 0 aliphatic rings. The van der Waals surface area contributed by atoms with Gasteiger partial charge in [-0.05, 0) is 45.0 Å². The van der Waals surface area contributed by atoms with Crippen LogP contribution < -0.4 is 0 Å². The molecule has 0 aliphatic carbocycles. The van der Waals surface area contributed by atoms with E-state index in [1.807, 2.05) is 5.38 Å². The van der Waals surface area contributed by atoms with Crippen LogP contribution in [0.2, 0.25) is 0 Å². The van der Waals surface area contributed by atoms with Crippen molar-refractivity contribution in [3.05, 3.63) is 17.0 Å². The summed E-state index contributed by atoms with van der Waals surface area (Å²) < 4.78 is 5.67. The smallest absolute Gasteiger partial charge is 0.276 e. The van der Waals surface area contributed by atoms with Gasteiger partial charge in [0.15, 0.2) is 0 Å². The Morgan fingerprint density at radius 1 is 1.44 bits per heavy atom. The second-order valence-corrected chi connectivity index (χ2v) is 6.32. The van der Waals surface area contributed by atoms with Gasteiger partial charge in [0, 0.05) is 11.8 Å². The molecule has 0 bridgehead atoms. The number of hydrogen-bond donors (Lipinski definition) is 0. The maximum atomic E-state index is 5.67. The number of thioether (sulfide) groups is 1. The van der Waals surface area contributed by atoms with Gasteiger partial charge < -0.3 is 9.32 Å². The molecule has 2 rings (SSSR count). The van der Waals surface area contributed by atoms with Crippen molar-refractivity contribution in [2.75, 3.05) is 19.8 Å².